The van der Waals surface area contributed by atoms with Gasteiger partial charge >= 0.3 is 12.4 Å². The van der Waals surface area contributed by atoms with Crippen LogP contribution in [-0.4, -0.2) is 9.55 Å². The zero-order valence-electron chi connectivity index (χ0n) is 12.1. The largest absolute Gasteiger partial charge is 0.433 e. The number of benzene rings is 1. The monoisotopic (exact) mass is 403 g/mol. The first-order valence-corrected chi connectivity index (χ1v) is 7.17. The lowest BCUT2D eigenvalue weighted by molar-refractivity contribution is -0.142. The molecule has 0 fully saturated rings. The Bertz CT molecular complexity index is 878. The average molecular weight is 404 g/mol. The molecule has 25 heavy (non-hydrogen) atoms. The van der Waals surface area contributed by atoms with Gasteiger partial charge in [-0.15, -0.1) is 0 Å². The molecule has 0 radical (unpaired) electrons. The van der Waals surface area contributed by atoms with E-state index in [9.17, 15) is 31.1 Å². The topological polar surface area (TPSA) is 46.9 Å². The normalized spacial score (nSPS) is 12.4. The van der Waals surface area contributed by atoms with E-state index in [1.54, 1.807) is 0 Å². The molecule has 0 saturated heterocycles. The van der Waals surface area contributed by atoms with Gasteiger partial charge < -0.3 is 4.72 Å². The molecule has 0 aliphatic rings. The lowest BCUT2D eigenvalue weighted by Gasteiger charge is -2.17. The van der Waals surface area contributed by atoms with Crippen molar-refractivity contribution in [2.45, 2.75) is 19.3 Å². The van der Waals surface area contributed by atoms with Crippen LogP contribution in [0.15, 0.2) is 23.3 Å². The van der Waals surface area contributed by atoms with E-state index in [0.717, 1.165) is 6.92 Å². The Kier molecular flexibility index (Phi) is 5.01. The Hall–Kier alpha value is -1.88. The Balaban J connectivity index is 2.76. The molecule has 4 nitrogen and oxygen atoms in total. The predicted octanol–water partition coefficient (Wildman–Crippen LogP) is 4.49. The SMILES string of the molecule is Cc1c(C(F)(F)F)ncn(-c2c(Cl)cc(C(F)(F)F)cc2NS)c1=O. The summed E-state index contributed by atoms with van der Waals surface area (Å²) in [6.45, 7) is 0.903. The number of hydrogen-bond donors (Lipinski definition) is 2. The van der Waals surface area contributed by atoms with Crippen LogP contribution in [0.5, 0.6) is 0 Å². The fourth-order valence-electron chi connectivity index (χ4n) is 2.08. The quantitative estimate of drug-likeness (QED) is 0.574. The van der Waals surface area contributed by atoms with Crippen molar-refractivity contribution in [1.29, 1.82) is 0 Å². The Labute approximate surface area is 147 Å². The summed E-state index contributed by atoms with van der Waals surface area (Å²) in [5.41, 5.74) is -5.00. The molecule has 0 aliphatic heterocycles. The minimum atomic E-state index is -4.85. The molecule has 136 valence electrons. The van der Waals surface area contributed by atoms with Crippen LogP contribution < -0.4 is 10.3 Å². The number of aromatic nitrogens is 2. The third-order valence-corrected chi connectivity index (χ3v) is 3.75. The highest BCUT2D eigenvalue weighted by atomic mass is 35.5. The maximum atomic E-state index is 12.8. The van der Waals surface area contributed by atoms with Gasteiger partial charge in [0.15, 0.2) is 5.69 Å². The van der Waals surface area contributed by atoms with E-state index in [-0.39, 0.29) is 11.4 Å². The third kappa shape index (κ3) is 3.71. The van der Waals surface area contributed by atoms with Gasteiger partial charge in [-0.1, -0.05) is 24.4 Å². The smallest absolute Gasteiger partial charge is 0.331 e. The zero-order chi connectivity index (χ0) is 19.2. The summed E-state index contributed by atoms with van der Waals surface area (Å²) in [4.78, 5) is 15.4. The predicted molar refractivity (Wildman–Crippen MR) is 82.2 cm³/mol. The van der Waals surface area contributed by atoms with Crippen LogP contribution >= 0.6 is 24.4 Å². The third-order valence-electron chi connectivity index (χ3n) is 3.22. The molecule has 0 saturated carbocycles. The van der Waals surface area contributed by atoms with E-state index >= 15 is 0 Å². The van der Waals surface area contributed by atoms with Crippen molar-refractivity contribution in [3.8, 4) is 5.69 Å². The molecule has 12 heteroatoms. The number of anilines is 1. The van der Waals surface area contributed by atoms with Gasteiger partial charge in [0.2, 0.25) is 0 Å². The molecule has 0 atom stereocenters. The van der Waals surface area contributed by atoms with Crippen molar-refractivity contribution in [1.82, 2.24) is 9.55 Å². The van der Waals surface area contributed by atoms with Crippen molar-refractivity contribution in [2.75, 3.05) is 4.72 Å². The first kappa shape index (κ1) is 19.4. The van der Waals surface area contributed by atoms with E-state index in [0.29, 0.717) is 23.0 Å². The minimum Gasteiger partial charge on any atom is -0.331 e. The van der Waals surface area contributed by atoms with Crippen molar-refractivity contribution in [3.05, 3.63) is 50.7 Å². The first-order valence-electron chi connectivity index (χ1n) is 6.34. The number of thiol groups is 1. The van der Waals surface area contributed by atoms with Gasteiger partial charge in [-0.2, -0.15) is 26.3 Å². The molecular weight excluding hydrogens is 396 g/mol. The van der Waals surface area contributed by atoms with E-state index < -0.39 is 39.8 Å². The molecule has 1 aromatic heterocycles. The van der Waals surface area contributed by atoms with Gasteiger partial charge in [-0.3, -0.25) is 9.36 Å². The minimum absolute atomic E-state index is 0.306. The van der Waals surface area contributed by atoms with Gasteiger partial charge in [-0.25, -0.2) is 4.98 Å². The first-order chi connectivity index (χ1) is 11.4. The highest BCUT2D eigenvalue weighted by Gasteiger charge is 2.36. The lowest BCUT2D eigenvalue weighted by Crippen LogP contribution is -2.27. The summed E-state index contributed by atoms with van der Waals surface area (Å²) in [5.74, 6) is 0. The molecule has 1 heterocycles. The maximum Gasteiger partial charge on any atom is 0.433 e. The molecule has 1 N–H and O–H groups in total. The van der Waals surface area contributed by atoms with Crippen LogP contribution in [0.1, 0.15) is 16.8 Å². The summed E-state index contributed by atoms with van der Waals surface area (Å²) in [6, 6.07) is 1.17. The fraction of sp³-hybridized carbons (Fsp3) is 0.231. The van der Waals surface area contributed by atoms with Crippen molar-refractivity contribution in [3.63, 3.8) is 0 Å². The fourth-order valence-corrected chi connectivity index (χ4v) is 2.57. The number of alkyl halides is 6. The molecular formula is C13H8ClF6N3OS. The van der Waals surface area contributed by atoms with Gasteiger partial charge in [0, 0.05) is 5.56 Å². The lowest BCUT2D eigenvalue weighted by atomic mass is 10.1. The summed E-state index contributed by atoms with van der Waals surface area (Å²) >= 11 is 9.48. The van der Waals surface area contributed by atoms with Crippen LogP contribution in [0.2, 0.25) is 5.02 Å². The maximum absolute atomic E-state index is 12.8. The van der Waals surface area contributed by atoms with Gasteiger partial charge in [0.1, 0.15) is 6.33 Å². The van der Waals surface area contributed by atoms with Crippen molar-refractivity contribution >= 4 is 30.1 Å². The number of rotatable bonds is 2. The van der Waals surface area contributed by atoms with Gasteiger partial charge in [-0.05, 0) is 19.1 Å². The van der Waals surface area contributed by atoms with E-state index in [1.165, 1.54) is 0 Å². The number of nitrogens with zero attached hydrogens (tertiary/aromatic N) is 2. The second-order valence-electron chi connectivity index (χ2n) is 4.85. The Morgan fingerprint density at radius 2 is 1.76 bits per heavy atom. The van der Waals surface area contributed by atoms with Crippen LogP contribution in [-0.2, 0) is 12.4 Å². The van der Waals surface area contributed by atoms with Crippen LogP contribution in [0.4, 0.5) is 32.0 Å². The highest BCUT2D eigenvalue weighted by Crippen LogP contribution is 2.38. The number of halogens is 7. The summed E-state index contributed by atoms with van der Waals surface area (Å²) in [6.07, 6.45) is -9.03. The van der Waals surface area contributed by atoms with Crippen molar-refractivity contribution in [2.24, 2.45) is 0 Å². The average Bonchev–Trinajstić information content (AvgIpc) is 2.47. The summed E-state index contributed by atoms with van der Waals surface area (Å²) in [5, 5.41) is -0.519. The molecule has 1 aromatic carbocycles. The molecule has 0 spiro atoms. The molecule has 0 aliphatic carbocycles. The second-order valence-corrected chi connectivity index (χ2v) is 5.49. The standard InChI is InChI=1S/C13H8ClF6N3OS/c1-5-10(13(18,19)20)21-4-23(11(5)24)9-7(14)2-6(12(15,16)17)3-8(9)22-25/h2-4,22,25H,1H3. The Morgan fingerprint density at radius 3 is 2.24 bits per heavy atom. The zero-order valence-corrected chi connectivity index (χ0v) is 13.8. The molecule has 2 rings (SSSR count). The summed E-state index contributed by atoms with van der Waals surface area (Å²) in [7, 11) is 0. The van der Waals surface area contributed by atoms with Gasteiger partial charge in [0.05, 0.1) is 22.0 Å². The van der Waals surface area contributed by atoms with E-state index in [1.807, 2.05) is 0 Å². The molecule has 0 amide bonds. The second kappa shape index (κ2) is 6.45. The molecule has 2 aromatic rings. The van der Waals surface area contributed by atoms with Crippen LogP contribution in [0, 0.1) is 6.92 Å². The van der Waals surface area contributed by atoms with Crippen LogP contribution in [0.25, 0.3) is 5.69 Å². The number of nitrogens with one attached hydrogen (secondary N) is 1. The number of hydrogen-bond acceptors (Lipinski definition) is 4. The van der Waals surface area contributed by atoms with E-state index in [2.05, 4.69) is 22.5 Å². The van der Waals surface area contributed by atoms with Crippen molar-refractivity contribution < 1.29 is 26.3 Å². The van der Waals surface area contributed by atoms with Gasteiger partial charge in [0.25, 0.3) is 5.56 Å². The molecule has 0 unspecified atom stereocenters. The highest BCUT2D eigenvalue weighted by molar-refractivity contribution is 7.81. The van der Waals surface area contributed by atoms with Crippen LogP contribution in [0.3, 0.4) is 0 Å². The Morgan fingerprint density at radius 1 is 1.16 bits per heavy atom. The molecule has 0 bridgehead atoms. The summed E-state index contributed by atoms with van der Waals surface area (Å²) < 4.78 is 79.6. The van der Waals surface area contributed by atoms with E-state index in [4.69, 9.17) is 11.6 Å².